The lowest BCUT2D eigenvalue weighted by atomic mass is 10.2. The van der Waals surface area contributed by atoms with Gasteiger partial charge < -0.3 is 24.8 Å². The van der Waals surface area contributed by atoms with Gasteiger partial charge in [-0.3, -0.25) is 0 Å². The molecular formula is C23H26N8O. The summed E-state index contributed by atoms with van der Waals surface area (Å²) in [4.78, 5) is 20.6. The number of morpholine rings is 1. The van der Waals surface area contributed by atoms with Crippen molar-refractivity contribution in [3.63, 3.8) is 0 Å². The summed E-state index contributed by atoms with van der Waals surface area (Å²) in [7, 11) is 0. The molecule has 4 heterocycles. The van der Waals surface area contributed by atoms with Gasteiger partial charge in [0.1, 0.15) is 5.82 Å². The van der Waals surface area contributed by atoms with E-state index in [1.165, 1.54) is 5.69 Å². The maximum atomic E-state index is 5.45. The van der Waals surface area contributed by atoms with Gasteiger partial charge in [-0.05, 0) is 50.2 Å². The number of nitrogens with zero attached hydrogens (tertiary/aromatic N) is 6. The second-order valence-corrected chi connectivity index (χ2v) is 7.92. The fourth-order valence-electron chi connectivity index (χ4n) is 3.70. The molecule has 9 nitrogen and oxygen atoms in total. The van der Waals surface area contributed by atoms with Crippen LogP contribution < -0.4 is 15.5 Å². The van der Waals surface area contributed by atoms with Gasteiger partial charge >= 0.3 is 0 Å². The molecule has 3 aromatic heterocycles. The number of benzene rings is 1. The molecule has 1 fully saturated rings. The van der Waals surface area contributed by atoms with Crippen molar-refractivity contribution in [2.24, 2.45) is 0 Å². The quantitative estimate of drug-likeness (QED) is 0.472. The highest BCUT2D eigenvalue weighted by Crippen LogP contribution is 2.28. The molecule has 164 valence electrons. The summed E-state index contributed by atoms with van der Waals surface area (Å²) < 4.78 is 7.48. The van der Waals surface area contributed by atoms with Crippen LogP contribution in [0.15, 0.2) is 55.0 Å². The first-order valence-electron chi connectivity index (χ1n) is 10.8. The Kier molecular flexibility index (Phi) is 5.55. The summed E-state index contributed by atoms with van der Waals surface area (Å²) in [5.74, 6) is 1.79. The third kappa shape index (κ3) is 4.19. The first-order chi connectivity index (χ1) is 15.7. The Hall–Kier alpha value is -3.72. The van der Waals surface area contributed by atoms with E-state index < -0.39 is 0 Å². The van der Waals surface area contributed by atoms with Crippen LogP contribution in [-0.4, -0.2) is 50.8 Å². The maximum Gasteiger partial charge on any atom is 0.232 e. The number of rotatable bonds is 6. The number of nitrogens with one attached hydrogen (secondary N) is 2. The first-order valence-corrected chi connectivity index (χ1v) is 10.8. The highest BCUT2D eigenvalue weighted by atomic mass is 16.5. The average Bonchev–Trinajstić information content (AvgIpc) is 3.25. The van der Waals surface area contributed by atoms with Crippen LogP contribution in [0.5, 0.6) is 0 Å². The zero-order valence-corrected chi connectivity index (χ0v) is 18.2. The summed E-state index contributed by atoms with van der Waals surface area (Å²) in [6.07, 6.45) is 3.54. The van der Waals surface area contributed by atoms with Crippen molar-refractivity contribution in [2.45, 2.75) is 19.9 Å². The van der Waals surface area contributed by atoms with Crippen molar-refractivity contribution >= 4 is 40.1 Å². The molecule has 0 atom stereocenters. The van der Waals surface area contributed by atoms with E-state index in [9.17, 15) is 0 Å². The number of hydrogen-bond donors (Lipinski definition) is 2. The van der Waals surface area contributed by atoms with Crippen LogP contribution in [0.1, 0.15) is 19.9 Å². The van der Waals surface area contributed by atoms with Crippen LogP contribution >= 0.6 is 0 Å². The molecule has 0 radical (unpaired) electrons. The average molecular weight is 431 g/mol. The van der Waals surface area contributed by atoms with E-state index in [2.05, 4.69) is 63.6 Å². The van der Waals surface area contributed by atoms with Crippen LogP contribution in [0.2, 0.25) is 0 Å². The van der Waals surface area contributed by atoms with Gasteiger partial charge in [-0.25, -0.2) is 9.97 Å². The fraction of sp³-hybridized carbons (Fsp3) is 0.304. The van der Waals surface area contributed by atoms with Crippen molar-refractivity contribution in [1.29, 1.82) is 0 Å². The summed E-state index contributed by atoms with van der Waals surface area (Å²) in [5.41, 5.74) is 3.61. The molecule has 1 aromatic carbocycles. The maximum absolute atomic E-state index is 5.45. The monoisotopic (exact) mass is 430 g/mol. The van der Waals surface area contributed by atoms with Crippen LogP contribution in [0.25, 0.3) is 11.2 Å². The number of imidazole rings is 1. The molecule has 1 aliphatic rings. The molecule has 2 N–H and O–H groups in total. The van der Waals surface area contributed by atoms with Crippen LogP contribution in [0, 0.1) is 0 Å². The molecular weight excluding hydrogens is 404 g/mol. The normalized spacial score (nSPS) is 14.2. The Morgan fingerprint density at radius 2 is 1.75 bits per heavy atom. The number of anilines is 5. The Labute approximate surface area is 186 Å². The highest BCUT2D eigenvalue weighted by Gasteiger charge is 2.16. The van der Waals surface area contributed by atoms with Crippen molar-refractivity contribution in [3.8, 4) is 0 Å². The number of fused-ring (bicyclic) bond motifs is 1. The van der Waals surface area contributed by atoms with Crippen molar-refractivity contribution in [3.05, 3.63) is 55.0 Å². The van der Waals surface area contributed by atoms with E-state index in [0.717, 1.165) is 43.2 Å². The zero-order chi connectivity index (χ0) is 21.9. The van der Waals surface area contributed by atoms with Gasteiger partial charge in [0.25, 0.3) is 0 Å². The van der Waals surface area contributed by atoms with E-state index in [1.54, 1.807) is 12.5 Å². The molecule has 0 unspecified atom stereocenters. The van der Waals surface area contributed by atoms with Crippen molar-refractivity contribution in [2.75, 3.05) is 41.8 Å². The largest absolute Gasteiger partial charge is 0.378 e. The standard InChI is InChI=1S/C23H26N8O/c1-16(2)31-15-25-20-21(28-23(29-22(20)31)27-19-5-3-4-10-24-19)26-17-6-8-18(9-7-17)30-11-13-32-14-12-30/h3-10,15-16H,11-14H2,1-2H3,(H2,24,26,27,28,29). The smallest absolute Gasteiger partial charge is 0.232 e. The number of aromatic nitrogens is 5. The summed E-state index contributed by atoms with van der Waals surface area (Å²) in [5, 5.41) is 6.62. The Bertz CT molecular complexity index is 1180. The third-order valence-electron chi connectivity index (χ3n) is 5.39. The van der Waals surface area contributed by atoms with E-state index >= 15 is 0 Å². The molecule has 0 saturated carbocycles. The van der Waals surface area contributed by atoms with Gasteiger partial charge in [-0.15, -0.1) is 0 Å². The second kappa shape index (κ2) is 8.80. The number of pyridine rings is 1. The topological polar surface area (TPSA) is 93.0 Å². The van der Waals surface area contributed by atoms with Gasteiger partial charge in [-0.1, -0.05) is 6.07 Å². The predicted molar refractivity (Wildman–Crippen MR) is 126 cm³/mol. The molecule has 0 amide bonds. The van der Waals surface area contributed by atoms with Gasteiger partial charge in [0.15, 0.2) is 17.0 Å². The van der Waals surface area contributed by atoms with Crippen molar-refractivity contribution in [1.82, 2.24) is 24.5 Å². The van der Waals surface area contributed by atoms with E-state index in [0.29, 0.717) is 17.6 Å². The lowest BCUT2D eigenvalue weighted by Gasteiger charge is -2.28. The van der Waals surface area contributed by atoms with Gasteiger partial charge in [0, 0.05) is 36.7 Å². The molecule has 5 rings (SSSR count). The summed E-state index contributed by atoms with van der Waals surface area (Å²) >= 11 is 0. The molecule has 0 aliphatic carbocycles. The molecule has 4 aromatic rings. The van der Waals surface area contributed by atoms with E-state index in [4.69, 9.17) is 14.7 Å². The SMILES string of the molecule is CC(C)n1cnc2c(Nc3ccc(N4CCOCC4)cc3)nc(Nc3ccccn3)nc21. The number of ether oxygens (including phenoxy) is 1. The minimum atomic E-state index is 0.221. The van der Waals surface area contributed by atoms with Crippen molar-refractivity contribution < 1.29 is 4.74 Å². The lowest BCUT2D eigenvalue weighted by Crippen LogP contribution is -2.36. The van der Waals surface area contributed by atoms with Crippen LogP contribution in [0.4, 0.5) is 29.0 Å². The number of hydrogen-bond acceptors (Lipinski definition) is 8. The lowest BCUT2D eigenvalue weighted by molar-refractivity contribution is 0.122. The molecule has 9 heteroatoms. The molecule has 0 spiro atoms. The first kappa shape index (κ1) is 20.2. The second-order valence-electron chi connectivity index (χ2n) is 7.92. The minimum Gasteiger partial charge on any atom is -0.378 e. The highest BCUT2D eigenvalue weighted by molar-refractivity contribution is 5.87. The van der Waals surface area contributed by atoms with Crippen LogP contribution in [-0.2, 0) is 4.74 Å². The van der Waals surface area contributed by atoms with E-state index in [1.807, 2.05) is 22.8 Å². The Morgan fingerprint density at radius 3 is 2.47 bits per heavy atom. The van der Waals surface area contributed by atoms with Gasteiger partial charge in [0.2, 0.25) is 5.95 Å². The third-order valence-corrected chi connectivity index (χ3v) is 5.39. The fourth-order valence-corrected chi connectivity index (χ4v) is 3.70. The van der Waals surface area contributed by atoms with Gasteiger partial charge in [-0.2, -0.15) is 9.97 Å². The Morgan fingerprint density at radius 1 is 0.938 bits per heavy atom. The molecule has 1 saturated heterocycles. The van der Waals surface area contributed by atoms with E-state index in [-0.39, 0.29) is 6.04 Å². The molecule has 1 aliphatic heterocycles. The zero-order valence-electron chi connectivity index (χ0n) is 18.2. The molecule has 0 bridgehead atoms. The molecule has 32 heavy (non-hydrogen) atoms. The minimum absolute atomic E-state index is 0.221. The Balaban J connectivity index is 1.46. The van der Waals surface area contributed by atoms with Crippen LogP contribution in [0.3, 0.4) is 0 Å². The predicted octanol–water partition coefficient (Wildman–Crippen LogP) is 4.13. The summed E-state index contributed by atoms with van der Waals surface area (Å²) in [6.45, 7) is 7.56. The van der Waals surface area contributed by atoms with Gasteiger partial charge in [0.05, 0.1) is 19.5 Å². The summed E-state index contributed by atoms with van der Waals surface area (Å²) in [6, 6.07) is 14.2.